The fraction of sp³-hybridized carbons (Fsp3) is 0.417. The van der Waals surface area contributed by atoms with Crippen molar-refractivity contribution in [3.63, 3.8) is 0 Å². The number of nitrogens with one attached hydrogen (secondary N) is 4. The Hall–Kier alpha value is -3.66. The van der Waals surface area contributed by atoms with E-state index < -0.39 is 47.9 Å². The molecule has 0 radical (unpaired) electrons. The number of benzene rings is 2. The molecule has 0 aliphatic rings. The zero-order chi connectivity index (χ0) is 25.3. The van der Waals surface area contributed by atoms with Crippen molar-refractivity contribution in [3.05, 3.63) is 48.0 Å². The van der Waals surface area contributed by atoms with Crippen molar-refractivity contribution < 1.29 is 29.0 Å². The largest absolute Gasteiger partial charge is 0.465 e. The van der Waals surface area contributed by atoms with E-state index in [1.807, 2.05) is 47.8 Å². The molecule has 5 N–H and O–H groups in total. The van der Waals surface area contributed by atoms with E-state index in [-0.39, 0.29) is 13.2 Å². The quantitative estimate of drug-likeness (QED) is 0.354. The Morgan fingerprint density at radius 3 is 2.26 bits per heavy atom. The second kappa shape index (κ2) is 12.0. The van der Waals surface area contributed by atoms with Crippen molar-refractivity contribution in [2.24, 2.45) is 0 Å². The van der Waals surface area contributed by atoms with Crippen LogP contribution in [0.5, 0.6) is 0 Å². The van der Waals surface area contributed by atoms with Gasteiger partial charge in [0.05, 0.1) is 13.0 Å². The summed E-state index contributed by atoms with van der Waals surface area (Å²) < 4.78 is 5.06. The van der Waals surface area contributed by atoms with Crippen LogP contribution in [0.4, 0.5) is 4.79 Å². The smallest absolute Gasteiger partial charge is 0.405 e. The van der Waals surface area contributed by atoms with Crippen LogP contribution in [0.25, 0.3) is 10.8 Å². The van der Waals surface area contributed by atoms with Crippen molar-refractivity contribution >= 4 is 34.6 Å². The first-order valence-corrected chi connectivity index (χ1v) is 10.8. The molecule has 0 unspecified atom stereocenters. The third-order valence-electron chi connectivity index (χ3n) is 4.82. The van der Waals surface area contributed by atoms with Gasteiger partial charge >= 0.3 is 6.09 Å². The maximum Gasteiger partial charge on any atom is 0.405 e. The minimum atomic E-state index is -1.47. The standard InChI is InChI=1S/C24H32N4O6/c1-24(2,3)28-20(29)12-18(27-23(32)33)22(31)26-19(14-34-4)21(30)25-13-16-10-7-9-15-8-5-6-11-17(15)16/h5-11,18-19,27H,12-14H2,1-4H3,(H,25,30)(H,26,31)(H,28,29)(H,32,33)/t18-,19-/m0/s1. The highest BCUT2D eigenvalue weighted by Gasteiger charge is 2.29. The fourth-order valence-electron chi connectivity index (χ4n) is 3.39. The van der Waals surface area contributed by atoms with E-state index in [2.05, 4.69) is 16.0 Å². The number of ether oxygens (including phenoxy) is 1. The van der Waals surface area contributed by atoms with E-state index >= 15 is 0 Å². The van der Waals surface area contributed by atoms with Crippen LogP contribution >= 0.6 is 0 Å². The number of rotatable bonds is 10. The Labute approximate surface area is 198 Å². The number of carboxylic acid groups (broad SMARTS) is 1. The molecule has 0 aromatic heterocycles. The lowest BCUT2D eigenvalue weighted by atomic mass is 10.0. The highest BCUT2D eigenvalue weighted by Crippen LogP contribution is 2.18. The second-order valence-electron chi connectivity index (χ2n) is 8.88. The van der Waals surface area contributed by atoms with E-state index in [1.165, 1.54) is 7.11 Å². The molecule has 0 aliphatic heterocycles. The molecule has 10 nitrogen and oxygen atoms in total. The van der Waals surface area contributed by atoms with Crippen LogP contribution in [0, 0.1) is 0 Å². The van der Waals surface area contributed by atoms with Crippen LogP contribution < -0.4 is 21.3 Å². The Kier molecular flexibility index (Phi) is 9.37. The molecule has 0 fully saturated rings. The maximum atomic E-state index is 12.8. The van der Waals surface area contributed by atoms with Gasteiger partial charge in [0.1, 0.15) is 12.1 Å². The highest BCUT2D eigenvalue weighted by atomic mass is 16.5. The van der Waals surface area contributed by atoms with Crippen LogP contribution in [0.15, 0.2) is 42.5 Å². The molecule has 10 heteroatoms. The van der Waals surface area contributed by atoms with Crippen molar-refractivity contribution in [2.75, 3.05) is 13.7 Å². The monoisotopic (exact) mass is 472 g/mol. The Balaban J connectivity index is 2.07. The number of methoxy groups -OCH3 is 1. The predicted molar refractivity (Wildman–Crippen MR) is 127 cm³/mol. The minimum Gasteiger partial charge on any atom is -0.465 e. The summed E-state index contributed by atoms with van der Waals surface area (Å²) in [6.07, 6.45) is -1.89. The lowest BCUT2D eigenvalue weighted by Gasteiger charge is -2.24. The summed E-state index contributed by atoms with van der Waals surface area (Å²) in [4.78, 5) is 49.0. The summed E-state index contributed by atoms with van der Waals surface area (Å²) in [6.45, 7) is 5.38. The number of carbonyl (C=O) groups excluding carboxylic acids is 3. The third-order valence-corrected chi connectivity index (χ3v) is 4.82. The molecule has 184 valence electrons. The fourth-order valence-corrected chi connectivity index (χ4v) is 3.39. The first-order valence-electron chi connectivity index (χ1n) is 10.8. The summed E-state index contributed by atoms with van der Waals surface area (Å²) in [5, 5.41) is 21.1. The van der Waals surface area contributed by atoms with E-state index in [0.717, 1.165) is 16.3 Å². The van der Waals surface area contributed by atoms with Gasteiger partial charge < -0.3 is 31.1 Å². The molecule has 0 aliphatic carbocycles. The molecule has 2 aromatic rings. The number of hydrogen-bond acceptors (Lipinski definition) is 5. The van der Waals surface area contributed by atoms with E-state index in [0.29, 0.717) is 0 Å². The molecule has 2 rings (SSSR count). The third kappa shape index (κ3) is 8.36. The molecular formula is C24H32N4O6. The molecule has 2 atom stereocenters. The zero-order valence-corrected chi connectivity index (χ0v) is 19.8. The van der Waals surface area contributed by atoms with Gasteiger partial charge in [0.25, 0.3) is 0 Å². The van der Waals surface area contributed by atoms with E-state index in [4.69, 9.17) is 9.84 Å². The first kappa shape index (κ1) is 26.6. The van der Waals surface area contributed by atoms with E-state index in [9.17, 15) is 19.2 Å². The SMILES string of the molecule is COC[C@H](NC(=O)[C@H](CC(=O)NC(C)(C)C)NC(=O)O)C(=O)NCc1cccc2ccccc12. The van der Waals surface area contributed by atoms with Crippen LogP contribution in [0.1, 0.15) is 32.8 Å². The molecule has 4 amide bonds. The minimum absolute atomic E-state index is 0.138. The van der Waals surface area contributed by atoms with Gasteiger partial charge in [-0.25, -0.2) is 4.79 Å². The topological polar surface area (TPSA) is 146 Å². The molecule has 0 saturated carbocycles. The molecule has 0 heterocycles. The maximum absolute atomic E-state index is 12.8. The van der Waals surface area contributed by atoms with Crippen LogP contribution in [0.2, 0.25) is 0 Å². The Morgan fingerprint density at radius 1 is 0.941 bits per heavy atom. The predicted octanol–water partition coefficient (Wildman–Crippen LogP) is 1.53. The molecule has 2 aromatic carbocycles. The van der Waals surface area contributed by atoms with Gasteiger partial charge in [-0.05, 0) is 37.1 Å². The number of amides is 4. The average Bonchev–Trinajstić information content (AvgIpc) is 2.75. The van der Waals surface area contributed by atoms with Gasteiger partial charge in [-0.15, -0.1) is 0 Å². The Bertz CT molecular complexity index is 1030. The average molecular weight is 473 g/mol. The summed E-state index contributed by atoms with van der Waals surface area (Å²) in [6, 6.07) is 11.1. The lowest BCUT2D eigenvalue weighted by molar-refractivity contribution is -0.132. The molecule has 34 heavy (non-hydrogen) atoms. The van der Waals surface area contributed by atoms with Crippen LogP contribution in [0.3, 0.4) is 0 Å². The molecule has 0 spiro atoms. The number of carbonyl (C=O) groups is 4. The first-order chi connectivity index (χ1) is 16.0. The van der Waals surface area contributed by atoms with Crippen molar-refractivity contribution in [1.29, 1.82) is 0 Å². The lowest BCUT2D eigenvalue weighted by Crippen LogP contribution is -2.56. The van der Waals surface area contributed by atoms with Crippen molar-refractivity contribution in [3.8, 4) is 0 Å². The van der Waals surface area contributed by atoms with Gasteiger partial charge in [0, 0.05) is 19.2 Å². The summed E-state index contributed by atoms with van der Waals surface area (Å²) in [7, 11) is 1.38. The van der Waals surface area contributed by atoms with Crippen LogP contribution in [-0.2, 0) is 25.7 Å². The highest BCUT2D eigenvalue weighted by molar-refractivity contribution is 5.94. The van der Waals surface area contributed by atoms with Gasteiger partial charge in [-0.3, -0.25) is 14.4 Å². The summed E-state index contributed by atoms with van der Waals surface area (Å²) in [5.74, 6) is -1.82. The molecule has 0 saturated heterocycles. The molecule has 0 bridgehead atoms. The Morgan fingerprint density at radius 2 is 1.62 bits per heavy atom. The number of hydrogen-bond donors (Lipinski definition) is 5. The van der Waals surface area contributed by atoms with Crippen molar-refractivity contribution in [1.82, 2.24) is 21.3 Å². The van der Waals surface area contributed by atoms with Crippen LogP contribution in [-0.4, -0.2) is 60.3 Å². The second-order valence-corrected chi connectivity index (χ2v) is 8.88. The molecular weight excluding hydrogens is 440 g/mol. The van der Waals surface area contributed by atoms with Gasteiger partial charge in [-0.1, -0.05) is 42.5 Å². The van der Waals surface area contributed by atoms with Crippen molar-refractivity contribution in [2.45, 2.75) is 51.4 Å². The number of fused-ring (bicyclic) bond motifs is 1. The van der Waals surface area contributed by atoms with E-state index in [1.54, 1.807) is 20.8 Å². The normalized spacial score (nSPS) is 12.9. The zero-order valence-electron chi connectivity index (χ0n) is 19.8. The summed E-state index contributed by atoms with van der Waals surface area (Å²) in [5.41, 5.74) is 0.347. The van der Waals surface area contributed by atoms with Gasteiger partial charge in [0.15, 0.2) is 0 Å². The van der Waals surface area contributed by atoms with Gasteiger partial charge in [0.2, 0.25) is 17.7 Å². The van der Waals surface area contributed by atoms with Gasteiger partial charge in [-0.2, -0.15) is 0 Å². The summed E-state index contributed by atoms with van der Waals surface area (Å²) >= 11 is 0.